The molecule has 2 aromatic heterocycles. The second kappa shape index (κ2) is 7.33. The van der Waals surface area contributed by atoms with Crippen molar-refractivity contribution in [2.75, 3.05) is 25.0 Å². The van der Waals surface area contributed by atoms with Crippen molar-refractivity contribution in [3.05, 3.63) is 28.7 Å². The summed E-state index contributed by atoms with van der Waals surface area (Å²) in [5.74, 6) is 1.55. The number of nitrogens with zero attached hydrogens (tertiary/aromatic N) is 4. The van der Waals surface area contributed by atoms with Crippen LogP contribution >= 0.6 is 11.3 Å². The zero-order chi connectivity index (χ0) is 16.2. The molecular formula is C16H23N5OS. The summed E-state index contributed by atoms with van der Waals surface area (Å²) in [6.45, 7) is 5.79. The minimum absolute atomic E-state index is 0.185. The summed E-state index contributed by atoms with van der Waals surface area (Å²) in [4.78, 5) is 15.9. The number of anilines is 2. The maximum atomic E-state index is 9.30. The van der Waals surface area contributed by atoms with Gasteiger partial charge in [-0.15, -0.1) is 11.3 Å². The molecule has 0 saturated carbocycles. The predicted octanol–water partition coefficient (Wildman–Crippen LogP) is 2.81. The highest BCUT2D eigenvalue weighted by molar-refractivity contribution is 7.13. The van der Waals surface area contributed by atoms with Gasteiger partial charge in [0, 0.05) is 18.0 Å². The molecule has 0 radical (unpaired) electrons. The predicted molar refractivity (Wildman–Crippen MR) is 92.2 cm³/mol. The molecule has 0 spiro atoms. The Hall–Kier alpha value is -1.57. The second-order valence-corrected chi connectivity index (χ2v) is 6.77. The quantitative estimate of drug-likeness (QED) is 0.876. The van der Waals surface area contributed by atoms with Crippen LogP contribution in [0.15, 0.2) is 11.4 Å². The molecule has 23 heavy (non-hydrogen) atoms. The van der Waals surface area contributed by atoms with Gasteiger partial charge in [0.1, 0.15) is 11.6 Å². The minimum Gasteiger partial charge on any atom is -0.395 e. The Bertz CT molecular complexity index is 658. The average Bonchev–Trinajstić information content (AvgIpc) is 2.92. The molecule has 1 aliphatic rings. The highest BCUT2D eigenvalue weighted by Gasteiger charge is 2.25. The van der Waals surface area contributed by atoms with Gasteiger partial charge < -0.3 is 10.4 Å². The second-order valence-electron chi connectivity index (χ2n) is 5.92. The van der Waals surface area contributed by atoms with Crippen LogP contribution in [-0.4, -0.2) is 44.7 Å². The normalized spacial score (nSPS) is 19.0. The molecule has 2 N–H and O–H groups in total. The van der Waals surface area contributed by atoms with E-state index in [2.05, 4.69) is 25.2 Å². The van der Waals surface area contributed by atoms with Crippen LogP contribution in [0.1, 0.15) is 42.5 Å². The topological polar surface area (TPSA) is 74.2 Å². The first-order valence-electron chi connectivity index (χ1n) is 8.05. The Morgan fingerprint density at radius 2 is 2.17 bits per heavy atom. The highest BCUT2D eigenvalue weighted by Crippen LogP contribution is 2.31. The fourth-order valence-corrected chi connectivity index (χ4v) is 3.76. The van der Waals surface area contributed by atoms with Crippen LogP contribution in [0.2, 0.25) is 0 Å². The summed E-state index contributed by atoms with van der Waals surface area (Å²) in [7, 11) is 0. The number of aliphatic hydroxyl groups is 1. The van der Waals surface area contributed by atoms with E-state index in [0.29, 0.717) is 6.54 Å². The molecule has 0 aromatic carbocycles. The van der Waals surface area contributed by atoms with Gasteiger partial charge in [-0.2, -0.15) is 0 Å². The van der Waals surface area contributed by atoms with Gasteiger partial charge in [-0.3, -0.25) is 4.90 Å². The smallest absolute Gasteiger partial charge is 0.188 e. The highest BCUT2D eigenvalue weighted by atomic mass is 32.1. The van der Waals surface area contributed by atoms with E-state index in [9.17, 15) is 5.11 Å². The molecule has 1 unspecified atom stereocenters. The minimum atomic E-state index is 0.185. The summed E-state index contributed by atoms with van der Waals surface area (Å²) < 4.78 is 0. The first kappa shape index (κ1) is 16.3. The molecule has 1 fully saturated rings. The van der Waals surface area contributed by atoms with Gasteiger partial charge in [-0.05, 0) is 33.2 Å². The van der Waals surface area contributed by atoms with Gasteiger partial charge in [-0.1, -0.05) is 6.42 Å². The number of thiazole rings is 1. The number of aliphatic hydroxyl groups excluding tert-OH is 1. The molecule has 124 valence electrons. The third-order valence-corrected chi connectivity index (χ3v) is 4.93. The lowest BCUT2D eigenvalue weighted by atomic mass is 9.99. The molecule has 2 aromatic rings. The fraction of sp³-hybridized carbons (Fsp3) is 0.562. The van der Waals surface area contributed by atoms with Crippen molar-refractivity contribution >= 4 is 22.3 Å². The van der Waals surface area contributed by atoms with Crippen molar-refractivity contribution < 1.29 is 5.11 Å². The van der Waals surface area contributed by atoms with E-state index in [-0.39, 0.29) is 12.6 Å². The summed E-state index contributed by atoms with van der Waals surface area (Å²) in [6, 6.07) is 2.28. The maximum Gasteiger partial charge on any atom is 0.188 e. The zero-order valence-electron chi connectivity index (χ0n) is 13.6. The molecule has 0 amide bonds. The van der Waals surface area contributed by atoms with Crippen LogP contribution in [0.4, 0.5) is 10.9 Å². The van der Waals surface area contributed by atoms with Crippen molar-refractivity contribution in [3.63, 3.8) is 0 Å². The molecule has 0 aliphatic carbocycles. The Labute approximate surface area is 140 Å². The van der Waals surface area contributed by atoms with Gasteiger partial charge in [-0.25, -0.2) is 15.0 Å². The molecule has 3 heterocycles. The first-order valence-corrected chi connectivity index (χ1v) is 8.93. The van der Waals surface area contributed by atoms with Crippen LogP contribution in [-0.2, 0) is 0 Å². The third kappa shape index (κ3) is 4.04. The number of nitrogens with one attached hydrogen (secondary N) is 1. The van der Waals surface area contributed by atoms with Crippen LogP contribution in [0.3, 0.4) is 0 Å². The van der Waals surface area contributed by atoms with Crippen molar-refractivity contribution in [1.82, 2.24) is 19.9 Å². The Morgan fingerprint density at radius 3 is 2.91 bits per heavy atom. The van der Waals surface area contributed by atoms with Gasteiger partial charge in [0.15, 0.2) is 5.13 Å². The average molecular weight is 333 g/mol. The van der Waals surface area contributed by atoms with Gasteiger partial charge in [0.2, 0.25) is 0 Å². The standard InChI is InChI=1S/C16H23N5OS/c1-11-10-23-16(17-11)20-15-9-13(18-12(2)19-15)14-5-3-4-6-21(14)7-8-22/h9-10,14,22H,3-8H2,1-2H3,(H,17,18,19,20). The molecule has 0 bridgehead atoms. The van der Waals surface area contributed by atoms with Crippen molar-refractivity contribution in [1.29, 1.82) is 0 Å². The molecule has 3 rings (SSSR count). The van der Waals surface area contributed by atoms with Gasteiger partial charge >= 0.3 is 0 Å². The van der Waals surface area contributed by atoms with Crippen molar-refractivity contribution in [2.24, 2.45) is 0 Å². The number of likely N-dealkylation sites (tertiary alicyclic amines) is 1. The van der Waals surface area contributed by atoms with E-state index in [1.807, 2.05) is 25.3 Å². The first-order chi connectivity index (χ1) is 11.2. The van der Waals surface area contributed by atoms with Crippen molar-refractivity contribution in [3.8, 4) is 0 Å². The number of aromatic nitrogens is 3. The number of β-amino-alcohol motifs (C(OH)–C–C–N with tert-alkyl or cyclic N) is 1. The molecule has 7 heteroatoms. The lowest BCUT2D eigenvalue weighted by Crippen LogP contribution is -2.36. The Morgan fingerprint density at radius 1 is 1.30 bits per heavy atom. The number of rotatable bonds is 5. The van der Waals surface area contributed by atoms with Crippen LogP contribution in [0, 0.1) is 13.8 Å². The van der Waals surface area contributed by atoms with Gasteiger partial charge in [0.25, 0.3) is 0 Å². The summed E-state index contributed by atoms with van der Waals surface area (Å²) in [5, 5.41) is 15.4. The van der Waals surface area contributed by atoms with E-state index >= 15 is 0 Å². The Kier molecular flexibility index (Phi) is 5.20. The fourth-order valence-electron chi connectivity index (χ4n) is 3.07. The van der Waals surface area contributed by atoms with E-state index in [0.717, 1.165) is 41.1 Å². The molecule has 1 atom stereocenters. The molecule has 1 saturated heterocycles. The van der Waals surface area contributed by atoms with Gasteiger partial charge in [0.05, 0.1) is 24.0 Å². The number of piperidine rings is 1. The molecule has 1 aliphatic heterocycles. The van der Waals surface area contributed by atoms with E-state index in [1.54, 1.807) is 11.3 Å². The largest absolute Gasteiger partial charge is 0.395 e. The molecular weight excluding hydrogens is 310 g/mol. The number of aryl methyl sites for hydroxylation is 2. The van der Waals surface area contributed by atoms with E-state index < -0.39 is 0 Å². The van der Waals surface area contributed by atoms with E-state index in [4.69, 9.17) is 0 Å². The monoisotopic (exact) mass is 333 g/mol. The van der Waals surface area contributed by atoms with Crippen LogP contribution in [0.5, 0.6) is 0 Å². The zero-order valence-corrected chi connectivity index (χ0v) is 14.4. The maximum absolute atomic E-state index is 9.30. The van der Waals surface area contributed by atoms with E-state index in [1.165, 1.54) is 12.8 Å². The lowest BCUT2D eigenvalue weighted by molar-refractivity contribution is 0.114. The molecule has 6 nitrogen and oxygen atoms in total. The summed E-state index contributed by atoms with van der Waals surface area (Å²) >= 11 is 1.57. The van der Waals surface area contributed by atoms with Crippen molar-refractivity contribution in [2.45, 2.75) is 39.2 Å². The summed E-state index contributed by atoms with van der Waals surface area (Å²) in [5.41, 5.74) is 2.03. The number of hydrogen-bond acceptors (Lipinski definition) is 7. The SMILES string of the molecule is Cc1csc(Nc2cc(C3CCCCN3CCO)nc(C)n2)n1. The Balaban J connectivity index is 1.84. The lowest BCUT2D eigenvalue weighted by Gasteiger charge is -2.35. The van der Waals surface area contributed by atoms with Crippen LogP contribution in [0.25, 0.3) is 0 Å². The summed E-state index contributed by atoms with van der Waals surface area (Å²) in [6.07, 6.45) is 3.46. The third-order valence-electron chi connectivity index (χ3n) is 4.05. The van der Waals surface area contributed by atoms with Crippen LogP contribution < -0.4 is 5.32 Å². The number of hydrogen-bond donors (Lipinski definition) is 2.